The van der Waals surface area contributed by atoms with Gasteiger partial charge in [0.05, 0.1) is 7.11 Å². The normalized spacial score (nSPS) is 9.79. The fourth-order valence-corrected chi connectivity index (χ4v) is 1.84. The maximum absolute atomic E-state index is 13.0. The van der Waals surface area contributed by atoms with Crippen molar-refractivity contribution in [3.63, 3.8) is 0 Å². The van der Waals surface area contributed by atoms with E-state index in [0.29, 0.717) is 13.1 Å². The van der Waals surface area contributed by atoms with Crippen molar-refractivity contribution in [3.8, 4) is 5.75 Å². The molecule has 0 atom stereocenters. The van der Waals surface area contributed by atoms with Crippen LogP contribution in [0.5, 0.6) is 5.75 Å². The summed E-state index contributed by atoms with van der Waals surface area (Å²) in [6, 6.07) is 14.5. The van der Waals surface area contributed by atoms with Gasteiger partial charge in [-0.15, -0.1) is 17.0 Å². The van der Waals surface area contributed by atoms with Crippen LogP contribution in [0, 0.1) is 5.82 Å². The molecular weight excluding hydrogens is 309 g/mol. The Morgan fingerprint density at radius 1 is 1.05 bits per heavy atom. The van der Waals surface area contributed by atoms with Crippen LogP contribution < -0.4 is 10.1 Å². The summed E-state index contributed by atoms with van der Waals surface area (Å²) in [5, 5.41) is 3.27. The van der Waals surface area contributed by atoms with Crippen molar-refractivity contribution in [1.29, 1.82) is 0 Å². The third-order valence-electron chi connectivity index (χ3n) is 2.73. The van der Waals surface area contributed by atoms with Crippen molar-refractivity contribution in [2.24, 2.45) is 0 Å². The van der Waals surface area contributed by atoms with Gasteiger partial charge < -0.3 is 10.1 Å². The summed E-state index contributed by atoms with van der Waals surface area (Å²) in [5.41, 5.74) is 2.03. The maximum atomic E-state index is 13.0. The van der Waals surface area contributed by atoms with Crippen LogP contribution in [-0.2, 0) is 13.1 Å². The number of rotatable bonds is 5. The molecule has 0 aliphatic rings. The smallest absolute Gasteiger partial charge is 0.123 e. The molecule has 1 N–H and O–H groups in total. The van der Waals surface area contributed by atoms with Crippen LogP contribution in [0.2, 0.25) is 0 Å². The van der Waals surface area contributed by atoms with Gasteiger partial charge >= 0.3 is 0 Å². The first kappa shape index (κ1) is 15.7. The number of methoxy groups -OCH3 is 1. The Morgan fingerprint density at radius 3 is 2.58 bits per heavy atom. The maximum Gasteiger partial charge on any atom is 0.123 e. The Labute approximate surface area is 123 Å². The predicted octanol–water partition coefficient (Wildman–Crippen LogP) is 3.70. The third kappa shape index (κ3) is 4.65. The van der Waals surface area contributed by atoms with E-state index in [0.717, 1.165) is 16.9 Å². The lowest BCUT2D eigenvalue weighted by Crippen LogP contribution is -2.13. The van der Waals surface area contributed by atoms with Crippen LogP contribution in [-0.4, -0.2) is 7.11 Å². The number of nitrogens with one attached hydrogen (secondary N) is 1. The Hall–Kier alpha value is -1.39. The molecule has 2 aromatic carbocycles. The number of benzene rings is 2. The summed E-state index contributed by atoms with van der Waals surface area (Å²) in [6.45, 7) is 1.33. The lowest BCUT2D eigenvalue weighted by Gasteiger charge is -2.09. The highest BCUT2D eigenvalue weighted by atomic mass is 79.9. The fraction of sp³-hybridized carbons (Fsp3) is 0.200. The highest BCUT2D eigenvalue weighted by Crippen LogP contribution is 2.16. The molecule has 0 unspecified atom stereocenters. The van der Waals surface area contributed by atoms with Crippen LogP contribution in [0.3, 0.4) is 0 Å². The largest absolute Gasteiger partial charge is 0.496 e. The Morgan fingerprint density at radius 2 is 1.84 bits per heavy atom. The van der Waals surface area contributed by atoms with E-state index >= 15 is 0 Å². The molecule has 0 aliphatic heterocycles. The molecule has 2 aromatic rings. The van der Waals surface area contributed by atoms with Gasteiger partial charge in [-0.3, -0.25) is 0 Å². The first-order chi connectivity index (χ1) is 8.79. The lowest BCUT2D eigenvalue weighted by molar-refractivity contribution is 0.407. The molecule has 19 heavy (non-hydrogen) atoms. The zero-order chi connectivity index (χ0) is 12.8. The Balaban J connectivity index is 0.00000180. The number of hydrogen-bond acceptors (Lipinski definition) is 2. The van der Waals surface area contributed by atoms with E-state index in [1.807, 2.05) is 30.3 Å². The van der Waals surface area contributed by atoms with Crippen LogP contribution in [0.25, 0.3) is 0 Å². The van der Waals surface area contributed by atoms with E-state index in [9.17, 15) is 4.39 Å². The minimum Gasteiger partial charge on any atom is -0.496 e. The predicted molar refractivity (Wildman–Crippen MR) is 80.3 cm³/mol. The van der Waals surface area contributed by atoms with Crippen molar-refractivity contribution < 1.29 is 9.13 Å². The molecule has 102 valence electrons. The third-order valence-corrected chi connectivity index (χ3v) is 2.73. The number of ether oxygens (including phenoxy) is 1. The van der Waals surface area contributed by atoms with Gasteiger partial charge in [-0.25, -0.2) is 4.39 Å². The van der Waals surface area contributed by atoms with Gasteiger partial charge in [0.15, 0.2) is 0 Å². The Bertz CT molecular complexity index is 519. The molecule has 0 bridgehead atoms. The number of para-hydroxylation sites is 1. The first-order valence-electron chi connectivity index (χ1n) is 5.86. The second-order valence-electron chi connectivity index (χ2n) is 4.05. The van der Waals surface area contributed by atoms with E-state index in [1.54, 1.807) is 13.2 Å². The standard InChI is InChI=1S/C15H16FNO.BrH/c1-18-15-8-3-2-6-13(15)11-17-10-12-5-4-7-14(16)9-12;/h2-9,17H,10-11H2,1H3;1H. The molecule has 0 saturated heterocycles. The average molecular weight is 326 g/mol. The molecule has 0 saturated carbocycles. The van der Waals surface area contributed by atoms with E-state index in [-0.39, 0.29) is 22.8 Å². The second-order valence-corrected chi connectivity index (χ2v) is 4.05. The molecule has 2 nitrogen and oxygen atoms in total. The van der Waals surface area contributed by atoms with Crippen LogP contribution in [0.15, 0.2) is 48.5 Å². The van der Waals surface area contributed by atoms with E-state index < -0.39 is 0 Å². The topological polar surface area (TPSA) is 21.3 Å². The van der Waals surface area contributed by atoms with Crippen molar-refractivity contribution in [3.05, 3.63) is 65.5 Å². The van der Waals surface area contributed by atoms with Gasteiger partial charge in [0, 0.05) is 18.7 Å². The quantitative estimate of drug-likeness (QED) is 0.905. The zero-order valence-electron chi connectivity index (χ0n) is 10.7. The molecule has 0 radical (unpaired) electrons. The zero-order valence-corrected chi connectivity index (χ0v) is 12.4. The van der Waals surface area contributed by atoms with Gasteiger partial charge in [0.25, 0.3) is 0 Å². The summed E-state index contributed by atoms with van der Waals surface area (Å²) >= 11 is 0. The summed E-state index contributed by atoms with van der Waals surface area (Å²) in [6.07, 6.45) is 0. The number of halogens is 2. The van der Waals surface area contributed by atoms with Crippen LogP contribution in [0.4, 0.5) is 4.39 Å². The first-order valence-corrected chi connectivity index (χ1v) is 5.86. The minimum absolute atomic E-state index is 0. The van der Waals surface area contributed by atoms with Crippen LogP contribution >= 0.6 is 17.0 Å². The monoisotopic (exact) mass is 325 g/mol. The highest BCUT2D eigenvalue weighted by molar-refractivity contribution is 8.93. The molecule has 0 spiro atoms. The summed E-state index contributed by atoms with van der Waals surface area (Å²) in [4.78, 5) is 0. The van der Waals surface area contributed by atoms with Crippen molar-refractivity contribution in [2.75, 3.05) is 7.11 Å². The molecule has 4 heteroatoms. The van der Waals surface area contributed by atoms with E-state index in [4.69, 9.17) is 4.74 Å². The average Bonchev–Trinajstić information content (AvgIpc) is 2.39. The van der Waals surface area contributed by atoms with Crippen molar-refractivity contribution >= 4 is 17.0 Å². The second kappa shape index (κ2) is 7.92. The molecule has 0 fully saturated rings. The van der Waals surface area contributed by atoms with Gasteiger partial charge in [0.2, 0.25) is 0 Å². The van der Waals surface area contributed by atoms with E-state index in [2.05, 4.69) is 5.32 Å². The lowest BCUT2D eigenvalue weighted by atomic mass is 10.2. The Kier molecular flexibility index (Phi) is 6.53. The molecule has 0 amide bonds. The van der Waals surface area contributed by atoms with Gasteiger partial charge in [-0.1, -0.05) is 30.3 Å². The van der Waals surface area contributed by atoms with Crippen molar-refractivity contribution in [1.82, 2.24) is 5.32 Å². The highest BCUT2D eigenvalue weighted by Gasteiger charge is 2.01. The van der Waals surface area contributed by atoms with Gasteiger partial charge in [-0.05, 0) is 23.8 Å². The van der Waals surface area contributed by atoms with Gasteiger partial charge in [-0.2, -0.15) is 0 Å². The summed E-state index contributed by atoms with van der Waals surface area (Å²) < 4.78 is 18.3. The molecule has 0 aromatic heterocycles. The van der Waals surface area contributed by atoms with Gasteiger partial charge in [0.1, 0.15) is 11.6 Å². The molecular formula is C15H17BrFNO. The van der Waals surface area contributed by atoms with Crippen molar-refractivity contribution in [2.45, 2.75) is 13.1 Å². The minimum atomic E-state index is -0.202. The molecule has 2 rings (SSSR count). The SMILES string of the molecule is Br.COc1ccccc1CNCc1cccc(F)c1. The van der Waals surface area contributed by atoms with E-state index in [1.165, 1.54) is 12.1 Å². The molecule has 0 heterocycles. The van der Waals surface area contributed by atoms with Crippen LogP contribution in [0.1, 0.15) is 11.1 Å². The molecule has 0 aliphatic carbocycles. The summed E-state index contributed by atoms with van der Waals surface area (Å²) in [5.74, 6) is 0.663. The summed E-state index contributed by atoms with van der Waals surface area (Å²) in [7, 11) is 1.66. The fourth-order valence-electron chi connectivity index (χ4n) is 1.84. The number of hydrogen-bond donors (Lipinski definition) is 1.